The van der Waals surface area contributed by atoms with Crippen molar-refractivity contribution in [2.75, 3.05) is 5.75 Å². The summed E-state index contributed by atoms with van der Waals surface area (Å²) < 4.78 is 2.11. The minimum atomic E-state index is 0.131. The van der Waals surface area contributed by atoms with Crippen LogP contribution >= 0.6 is 11.8 Å². The molecule has 144 valence electrons. The van der Waals surface area contributed by atoms with Crippen LogP contribution in [-0.2, 0) is 4.79 Å². The van der Waals surface area contributed by atoms with Crippen LogP contribution in [0.15, 0.2) is 23.4 Å². The number of thioether (sulfide) groups is 1. The molecule has 27 heavy (non-hydrogen) atoms. The highest BCUT2D eigenvalue weighted by Crippen LogP contribution is 2.29. The molecular weight excluding hydrogens is 356 g/mol. The van der Waals surface area contributed by atoms with Gasteiger partial charge in [0.2, 0.25) is 5.91 Å². The average molecular weight is 385 g/mol. The molecule has 0 aliphatic rings. The Morgan fingerprint density at radius 2 is 1.74 bits per heavy atom. The number of aromatic nitrogens is 3. The van der Waals surface area contributed by atoms with E-state index in [1.54, 1.807) is 0 Å². The van der Waals surface area contributed by atoms with Gasteiger partial charge in [-0.2, -0.15) is 0 Å². The molecule has 0 unspecified atom stereocenters. The van der Waals surface area contributed by atoms with Gasteiger partial charge in [-0.3, -0.25) is 9.20 Å². The Kier molecular flexibility index (Phi) is 5.47. The Morgan fingerprint density at radius 1 is 1.07 bits per heavy atom. The van der Waals surface area contributed by atoms with Crippen LogP contribution in [0.5, 0.6) is 0 Å². The molecule has 0 radical (unpaired) electrons. The second-order valence-corrected chi connectivity index (χ2v) is 8.63. The van der Waals surface area contributed by atoms with E-state index >= 15 is 0 Å². The standard InChI is InChI=1S/C21H28N4OS/c1-12(2)24(13(3)4)18(26)11-27-21-23-22-20-15(6)10-17-9-8-14(5)16(7)19(17)25(20)21/h8-10,12-13H,11H2,1-7H3. The van der Waals surface area contributed by atoms with Gasteiger partial charge >= 0.3 is 0 Å². The lowest BCUT2D eigenvalue weighted by Gasteiger charge is -2.30. The summed E-state index contributed by atoms with van der Waals surface area (Å²) in [4.78, 5) is 14.7. The van der Waals surface area contributed by atoms with Crippen LogP contribution in [0.2, 0.25) is 0 Å². The summed E-state index contributed by atoms with van der Waals surface area (Å²) >= 11 is 1.46. The van der Waals surface area contributed by atoms with Crippen molar-refractivity contribution in [2.45, 2.75) is 65.7 Å². The first-order valence-electron chi connectivity index (χ1n) is 9.41. The van der Waals surface area contributed by atoms with E-state index in [0.717, 1.165) is 21.9 Å². The fourth-order valence-electron chi connectivity index (χ4n) is 3.73. The van der Waals surface area contributed by atoms with Crippen LogP contribution in [0.4, 0.5) is 0 Å². The fraction of sp³-hybridized carbons (Fsp3) is 0.476. The molecular formula is C21H28N4OS. The molecule has 0 saturated heterocycles. The lowest BCUT2D eigenvalue weighted by Crippen LogP contribution is -2.43. The van der Waals surface area contributed by atoms with Gasteiger partial charge in [0.1, 0.15) is 0 Å². The number of amides is 1. The number of pyridine rings is 1. The quantitative estimate of drug-likeness (QED) is 0.606. The normalized spacial score (nSPS) is 11.9. The number of hydrogen-bond acceptors (Lipinski definition) is 4. The summed E-state index contributed by atoms with van der Waals surface area (Å²) in [6, 6.07) is 6.81. The highest BCUT2D eigenvalue weighted by Gasteiger charge is 2.22. The van der Waals surface area contributed by atoms with Gasteiger partial charge in [0, 0.05) is 12.1 Å². The van der Waals surface area contributed by atoms with E-state index in [2.05, 4.69) is 81.3 Å². The summed E-state index contributed by atoms with van der Waals surface area (Å²) in [5, 5.41) is 10.7. The van der Waals surface area contributed by atoms with Crippen molar-refractivity contribution in [2.24, 2.45) is 0 Å². The van der Waals surface area contributed by atoms with Gasteiger partial charge < -0.3 is 4.90 Å². The number of fused-ring (bicyclic) bond motifs is 3. The van der Waals surface area contributed by atoms with Gasteiger partial charge in [-0.05, 0) is 76.6 Å². The lowest BCUT2D eigenvalue weighted by atomic mass is 10.0. The molecule has 0 aliphatic carbocycles. The Hall–Kier alpha value is -2.08. The van der Waals surface area contributed by atoms with E-state index in [4.69, 9.17) is 0 Å². The Bertz CT molecular complexity index is 998. The molecule has 1 aromatic carbocycles. The molecule has 0 aliphatic heterocycles. The van der Waals surface area contributed by atoms with E-state index in [1.807, 2.05) is 4.90 Å². The summed E-state index contributed by atoms with van der Waals surface area (Å²) in [7, 11) is 0. The molecule has 0 N–H and O–H groups in total. The summed E-state index contributed by atoms with van der Waals surface area (Å²) in [6.45, 7) is 14.5. The molecule has 2 heterocycles. The summed E-state index contributed by atoms with van der Waals surface area (Å²) in [6.07, 6.45) is 0. The zero-order valence-electron chi connectivity index (χ0n) is 17.2. The first-order valence-corrected chi connectivity index (χ1v) is 10.4. The van der Waals surface area contributed by atoms with Crippen molar-refractivity contribution in [3.8, 4) is 0 Å². The van der Waals surface area contributed by atoms with Crippen LogP contribution in [0.25, 0.3) is 16.6 Å². The molecule has 2 aromatic heterocycles. The highest BCUT2D eigenvalue weighted by molar-refractivity contribution is 7.99. The van der Waals surface area contributed by atoms with Crippen molar-refractivity contribution in [3.05, 3.63) is 34.9 Å². The van der Waals surface area contributed by atoms with Crippen LogP contribution in [-0.4, -0.2) is 43.2 Å². The van der Waals surface area contributed by atoms with E-state index in [9.17, 15) is 4.79 Å². The second-order valence-electron chi connectivity index (χ2n) is 7.69. The summed E-state index contributed by atoms with van der Waals surface area (Å²) in [5.74, 6) is 0.490. The molecule has 3 aromatic rings. The third-order valence-electron chi connectivity index (χ3n) is 5.04. The molecule has 0 saturated carbocycles. The van der Waals surface area contributed by atoms with Crippen molar-refractivity contribution in [1.82, 2.24) is 19.5 Å². The van der Waals surface area contributed by atoms with E-state index in [-0.39, 0.29) is 18.0 Å². The van der Waals surface area contributed by atoms with Crippen LogP contribution in [0.1, 0.15) is 44.4 Å². The van der Waals surface area contributed by atoms with Gasteiger partial charge in [-0.15, -0.1) is 10.2 Å². The van der Waals surface area contributed by atoms with Gasteiger partial charge in [0.15, 0.2) is 10.8 Å². The second kappa shape index (κ2) is 7.50. The maximum absolute atomic E-state index is 12.8. The zero-order valence-corrected chi connectivity index (χ0v) is 18.0. The van der Waals surface area contributed by atoms with Crippen molar-refractivity contribution in [1.29, 1.82) is 0 Å². The van der Waals surface area contributed by atoms with Crippen molar-refractivity contribution >= 4 is 34.2 Å². The Labute approximate surface area is 165 Å². The molecule has 1 amide bonds. The van der Waals surface area contributed by atoms with Crippen molar-refractivity contribution in [3.63, 3.8) is 0 Å². The largest absolute Gasteiger partial charge is 0.337 e. The third-order valence-corrected chi connectivity index (χ3v) is 5.95. The lowest BCUT2D eigenvalue weighted by molar-refractivity contribution is -0.131. The number of carbonyl (C=O) groups excluding carboxylic acids is 1. The molecule has 6 heteroatoms. The number of aryl methyl sites for hydroxylation is 3. The van der Waals surface area contributed by atoms with E-state index in [1.165, 1.54) is 28.3 Å². The maximum Gasteiger partial charge on any atom is 0.233 e. The van der Waals surface area contributed by atoms with E-state index < -0.39 is 0 Å². The maximum atomic E-state index is 12.8. The minimum absolute atomic E-state index is 0.131. The number of hydrogen-bond donors (Lipinski definition) is 0. The Morgan fingerprint density at radius 3 is 2.37 bits per heavy atom. The van der Waals surface area contributed by atoms with Gasteiger partial charge in [0.05, 0.1) is 11.3 Å². The van der Waals surface area contributed by atoms with Gasteiger partial charge in [-0.1, -0.05) is 23.9 Å². The average Bonchev–Trinajstić information content (AvgIpc) is 3.00. The molecule has 3 rings (SSSR count). The van der Waals surface area contributed by atoms with Crippen LogP contribution in [0, 0.1) is 20.8 Å². The first-order chi connectivity index (χ1) is 12.7. The number of rotatable bonds is 5. The minimum Gasteiger partial charge on any atom is -0.337 e. The van der Waals surface area contributed by atoms with Crippen molar-refractivity contribution < 1.29 is 4.79 Å². The van der Waals surface area contributed by atoms with E-state index in [0.29, 0.717) is 5.75 Å². The predicted molar refractivity (Wildman–Crippen MR) is 113 cm³/mol. The smallest absolute Gasteiger partial charge is 0.233 e. The third kappa shape index (κ3) is 3.55. The van der Waals surface area contributed by atoms with Crippen LogP contribution in [0.3, 0.4) is 0 Å². The molecule has 0 fully saturated rings. The fourth-order valence-corrected chi connectivity index (χ4v) is 4.53. The Balaban J connectivity index is 2.03. The number of carbonyl (C=O) groups is 1. The molecule has 0 bridgehead atoms. The number of benzene rings is 1. The highest BCUT2D eigenvalue weighted by atomic mass is 32.2. The number of nitrogens with zero attached hydrogens (tertiary/aromatic N) is 4. The first kappa shape index (κ1) is 19.7. The topological polar surface area (TPSA) is 50.5 Å². The predicted octanol–water partition coefficient (Wildman–Crippen LogP) is 4.55. The van der Waals surface area contributed by atoms with Gasteiger partial charge in [-0.25, -0.2) is 0 Å². The van der Waals surface area contributed by atoms with Crippen LogP contribution < -0.4 is 0 Å². The molecule has 5 nitrogen and oxygen atoms in total. The SMILES string of the molecule is Cc1ccc2cc(C)c3nnc(SCC(=O)N(C(C)C)C(C)C)n3c2c1C. The molecule has 0 atom stereocenters. The molecule has 0 spiro atoms. The summed E-state index contributed by atoms with van der Waals surface area (Å²) in [5.41, 5.74) is 5.52. The van der Waals surface area contributed by atoms with Gasteiger partial charge in [0.25, 0.3) is 0 Å². The zero-order chi connectivity index (χ0) is 19.9. The monoisotopic (exact) mass is 384 g/mol.